The fraction of sp³-hybridized carbons (Fsp3) is 0.333. The number of rotatable bonds is 2. The van der Waals surface area contributed by atoms with Crippen LogP contribution in [0.3, 0.4) is 0 Å². The van der Waals surface area contributed by atoms with E-state index >= 15 is 0 Å². The van der Waals surface area contributed by atoms with Crippen LogP contribution in [0, 0.1) is 0 Å². The Kier molecular flexibility index (Phi) is 3.09. The van der Waals surface area contributed by atoms with E-state index in [2.05, 4.69) is 0 Å². The van der Waals surface area contributed by atoms with E-state index in [0.717, 1.165) is 12.1 Å². The van der Waals surface area contributed by atoms with Gasteiger partial charge in [-0.1, -0.05) is 0 Å². The second-order valence-electron chi connectivity index (χ2n) is 2.94. The van der Waals surface area contributed by atoms with E-state index in [4.69, 9.17) is 10.5 Å². The maximum atomic E-state index is 12.2. The Labute approximate surface area is 84.3 Å². The van der Waals surface area contributed by atoms with Crippen molar-refractivity contribution in [1.82, 2.24) is 0 Å². The van der Waals surface area contributed by atoms with Crippen molar-refractivity contribution in [2.24, 2.45) is 5.73 Å². The van der Waals surface area contributed by atoms with E-state index in [9.17, 15) is 18.3 Å². The molecular formula is C9H10F3NO2. The van der Waals surface area contributed by atoms with Gasteiger partial charge in [-0.2, -0.15) is 13.2 Å². The highest BCUT2D eigenvalue weighted by atomic mass is 19.4. The molecule has 0 bridgehead atoms. The standard InChI is InChI=1S/C9H10F3NO2/c1-15-5-2-3-6(7(14)4-5)8(13)9(10,11)12/h2-4,8,14H,13H2,1H3/t8-/m1/s1. The molecular weight excluding hydrogens is 211 g/mol. The van der Waals surface area contributed by atoms with Crippen molar-refractivity contribution in [3.8, 4) is 11.5 Å². The van der Waals surface area contributed by atoms with Gasteiger partial charge in [0, 0.05) is 11.6 Å². The second kappa shape index (κ2) is 3.98. The Hall–Kier alpha value is -1.43. The van der Waals surface area contributed by atoms with Crippen molar-refractivity contribution in [1.29, 1.82) is 0 Å². The largest absolute Gasteiger partial charge is 0.507 e. The van der Waals surface area contributed by atoms with Crippen LogP contribution >= 0.6 is 0 Å². The first-order chi connectivity index (χ1) is 6.86. The highest BCUT2D eigenvalue weighted by Crippen LogP contribution is 2.36. The van der Waals surface area contributed by atoms with E-state index in [1.54, 1.807) is 0 Å². The number of hydrogen-bond donors (Lipinski definition) is 2. The van der Waals surface area contributed by atoms with Gasteiger partial charge in [0.1, 0.15) is 17.5 Å². The second-order valence-corrected chi connectivity index (χ2v) is 2.94. The molecule has 0 saturated carbocycles. The summed E-state index contributed by atoms with van der Waals surface area (Å²) in [7, 11) is 1.35. The molecule has 1 aromatic carbocycles. The molecule has 0 saturated heterocycles. The van der Waals surface area contributed by atoms with Gasteiger partial charge in [-0.25, -0.2) is 0 Å². The summed E-state index contributed by atoms with van der Waals surface area (Å²) in [6.45, 7) is 0. The van der Waals surface area contributed by atoms with E-state index in [0.29, 0.717) is 0 Å². The molecule has 0 amide bonds. The van der Waals surface area contributed by atoms with Gasteiger partial charge in [-0.05, 0) is 12.1 Å². The number of benzene rings is 1. The highest BCUT2D eigenvalue weighted by Gasteiger charge is 2.39. The molecule has 0 radical (unpaired) electrons. The number of aromatic hydroxyl groups is 1. The van der Waals surface area contributed by atoms with E-state index < -0.39 is 18.0 Å². The number of methoxy groups -OCH3 is 1. The van der Waals surface area contributed by atoms with Gasteiger partial charge in [-0.15, -0.1) is 0 Å². The molecule has 0 spiro atoms. The lowest BCUT2D eigenvalue weighted by atomic mass is 10.1. The Morgan fingerprint density at radius 1 is 1.40 bits per heavy atom. The monoisotopic (exact) mass is 221 g/mol. The molecule has 1 aromatic rings. The molecule has 0 aromatic heterocycles. The summed E-state index contributed by atoms with van der Waals surface area (Å²) >= 11 is 0. The van der Waals surface area contributed by atoms with Crippen LogP contribution in [0.2, 0.25) is 0 Å². The summed E-state index contributed by atoms with van der Waals surface area (Å²) in [6, 6.07) is 1.29. The molecule has 1 rings (SSSR count). The first kappa shape index (κ1) is 11.6. The maximum Gasteiger partial charge on any atom is 0.407 e. The summed E-state index contributed by atoms with van der Waals surface area (Å²) in [6.07, 6.45) is -4.58. The number of phenols is 1. The van der Waals surface area contributed by atoms with Gasteiger partial charge in [0.05, 0.1) is 7.11 Å². The molecule has 0 unspecified atom stereocenters. The van der Waals surface area contributed by atoms with Crippen LogP contribution in [0.5, 0.6) is 11.5 Å². The van der Waals surface area contributed by atoms with Crippen molar-refractivity contribution in [3.05, 3.63) is 23.8 Å². The third-order valence-corrected chi connectivity index (χ3v) is 1.93. The van der Waals surface area contributed by atoms with Crippen molar-refractivity contribution >= 4 is 0 Å². The average molecular weight is 221 g/mol. The third-order valence-electron chi connectivity index (χ3n) is 1.93. The average Bonchev–Trinajstić information content (AvgIpc) is 2.15. The van der Waals surface area contributed by atoms with Gasteiger partial charge in [-0.3, -0.25) is 0 Å². The summed E-state index contributed by atoms with van der Waals surface area (Å²) in [5.74, 6) is -0.259. The van der Waals surface area contributed by atoms with Crippen molar-refractivity contribution in [2.75, 3.05) is 7.11 Å². The van der Waals surface area contributed by atoms with Gasteiger partial charge in [0.15, 0.2) is 0 Å². The first-order valence-corrected chi connectivity index (χ1v) is 4.05. The number of ether oxygens (including phenoxy) is 1. The number of phenolic OH excluding ortho intramolecular Hbond substituents is 1. The smallest absolute Gasteiger partial charge is 0.407 e. The van der Waals surface area contributed by atoms with Crippen molar-refractivity contribution in [3.63, 3.8) is 0 Å². The Morgan fingerprint density at radius 3 is 2.40 bits per heavy atom. The number of alkyl halides is 3. The van der Waals surface area contributed by atoms with Crippen LogP contribution in [0.15, 0.2) is 18.2 Å². The normalized spacial score (nSPS) is 13.7. The molecule has 1 atom stereocenters. The Bertz CT molecular complexity index is 352. The zero-order chi connectivity index (χ0) is 11.6. The van der Waals surface area contributed by atoms with E-state index in [1.165, 1.54) is 13.2 Å². The molecule has 3 N–H and O–H groups in total. The zero-order valence-corrected chi connectivity index (χ0v) is 7.88. The maximum absolute atomic E-state index is 12.2. The highest BCUT2D eigenvalue weighted by molar-refractivity contribution is 5.41. The molecule has 3 nitrogen and oxygen atoms in total. The summed E-state index contributed by atoms with van der Waals surface area (Å²) in [5.41, 5.74) is 4.57. The molecule has 0 aliphatic rings. The van der Waals surface area contributed by atoms with Crippen LogP contribution in [0.1, 0.15) is 11.6 Å². The van der Waals surface area contributed by atoms with Crippen LogP contribution in [0.4, 0.5) is 13.2 Å². The molecule has 6 heteroatoms. The topological polar surface area (TPSA) is 55.5 Å². The SMILES string of the molecule is COc1ccc([C@@H](N)C(F)(F)F)c(O)c1. The first-order valence-electron chi connectivity index (χ1n) is 4.05. The molecule has 0 fully saturated rings. The Balaban J connectivity index is 3.06. The van der Waals surface area contributed by atoms with Gasteiger partial charge in [0.2, 0.25) is 0 Å². The predicted molar refractivity (Wildman–Crippen MR) is 47.6 cm³/mol. The summed E-state index contributed by atoms with van der Waals surface area (Å²) < 4.78 is 41.4. The van der Waals surface area contributed by atoms with Crippen molar-refractivity contribution < 1.29 is 23.0 Å². The minimum Gasteiger partial charge on any atom is -0.507 e. The summed E-state index contributed by atoms with van der Waals surface area (Å²) in [5, 5.41) is 9.30. The fourth-order valence-corrected chi connectivity index (χ4v) is 1.09. The minimum atomic E-state index is -4.58. The zero-order valence-electron chi connectivity index (χ0n) is 7.88. The van der Waals surface area contributed by atoms with Crippen molar-refractivity contribution in [2.45, 2.75) is 12.2 Å². The molecule has 0 aliphatic heterocycles. The van der Waals surface area contributed by atoms with Crippen LogP contribution in [-0.4, -0.2) is 18.4 Å². The lowest BCUT2D eigenvalue weighted by molar-refractivity contribution is -0.149. The number of hydrogen-bond acceptors (Lipinski definition) is 3. The molecule has 84 valence electrons. The predicted octanol–water partition coefficient (Wildman–Crippen LogP) is 1.96. The Morgan fingerprint density at radius 2 is 2.00 bits per heavy atom. The quantitative estimate of drug-likeness (QED) is 0.802. The lowest BCUT2D eigenvalue weighted by Crippen LogP contribution is -2.28. The minimum absolute atomic E-state index is 0.269. The van der Waals surface area contributed by atoms with Crippen LogP contribution in [0.25, 0.3) is 0 Å². The molecule has 0 heterocycles. The summed E-state index contributed by atoms with van der Waals surface area (Å²) in [4.78, 5) is 0. The fourth-order valence-electron chi connectivity index (χ4n) is 1.09. The molecule has 15 heavy (non-hydrogen) atoms. The van der Waals surface area contributed by atoms with E-state index in [1.807, 2.05) is 0 Å². The third kappa shape index (κ3) is 2.53. The van der Waals surface area contributed by atoms with E-state index in [-0.39, 0.29) is 11.3 Å². The van der Waals surface area contributed by atoms with Crippen LogP contribution in [-0.2, 0) is 0 Å². The van der Waals surface area contributed by atoms with Crippen LogP contribution < -0.4 is 10.5 Å². The van der Waals surface area contributed by atoms with Gasteiger partial charge in [0.25, 0.3) is 0 Å². The number of halogens is 3. The van der Waals surface area contributed by atoms with Gasteiger partial charge < -0.3 is 15.6 Å². The molecule has 0 aliphatic carbocycles. The lowest BCUT2D eigenvalue weighted by Gasteiger charge is -2.17. The van der Waals surface area contributed by atoms with Gasteiger partial charge >= 0.3 is 6.18 Å². The number of nitrogens with two attached hydrogens (primary N) is 1.